The van der Waals surface area contributed by atoms with Gasteiger partial charge in [0.05, 0.1) is 17.8 Å². The molecule has 0 saturated carbocycles. The van der Waals surface area contributed by atoms with Crippen LogP contribution in [0.2, 0.25) is 0 Å². The SMILES string of the molecule is CC1(C)CN(Cc2ccc(F)c(C#CCO)c2)CCO1. The van der Waals surface area contributed by atoms with E-state index in [1.54, 1.807) is 12.1 Å². The zero-order valence-electron chi connectivity index (χ0n) is 11.9. The van der Waals surface area contributed by atoms with Gasteiger partial charge in [-0.2, -0.15) is 0 Å². The number of hydrogen-bond acceptors (Lipinski definition) is 3. The molecule has 1 aromatic carbocycles. The minimum atomic E-state index is -0.350. The monoisotopic (exact) mass is 277 g/mol. The summed E-state index contributed by atoms with van der Waals surface area (Å²) in [4.78, 5) is 2.29. The molecule has 0 atom stereocenters. The minimum Gasteiger partial charge on any atom is -0.384 e. The molecule has 0 unspecified atom stereocenters. The number of aliphatic hydroxyl groups excluding tert-OH is 1. The number of nitrogens with zero attached hydrogens (tertiary/aromatic N) is 1. The number of morpholine rings is 1. The predicted molar refractivity (Wildman–Crippen MR) is 75.7 cm³/mol. The van der Waals surface area contributed by atoms with Crippen LogP contribution >= 0.6 is 0 Å². The highest BCUT2D eigenvalue weighted by Gasteiger charge is 2.26. The molecule has 1 aromatic rings. The third-order valence-corrected chi connectivity index (χ3v) is 3.24. The van der Waals surface area contributed by atoms with Gasteiger partial charge in [0.1, 0.15) is 12.4 Å². The Balaban J connectivity index is 2.09. The molecule has 1 heterocycles. The summed E-state index contributed by atoms with van der Waals surface area (Å²) in [6, 6.07) is 4.96. The van der Waals surface area contributed by atoms with Gasteiger partial charge in [-0.3, -0.25) is 4.90 Å². The number of hydrogen-bond donors (Lipinski definition) is 1. The molecule has 4 heteroatoms. The standard InChI is InChI=1S/C16H20FNO2/c1-16(2)12-18(7-9-20-16)11-13-5-6-15(17)14(10-13)4-3-8-19/h5-6,10,19H,7-9,11-12H2,1-2H3. The van der Waals surface area contributed by atoms with Crippen molar-refractivity contribution in [2.75, 3.05) is 26.3 Å². The first-order valence-electron chi connectivity index (χ1n) is 6.75. The van der Waals surface area contributed by atoms with Crippen LogP contribution in [0.3, 0.4) is 0 Å². The Labute approximate surface area is 119 Å². The summed E-state index contributed by atoms with van der Waals surface area (Å²) in [5, 5.41) is 8.69. The normalized spacial score (nSPS) is 18.4. The van der Waals surface area contributed by atoms with Gasteiger partial charge >= 0.3 is 0 Å². The van der Waals surface area contributed by atoms with E-state index in [1.807, 2.05) is 0 Å². The van der Waals surface area contributed by atoms with E-state index < -0.39 is 0 Å². The summed E-state index contributed by atoms with van der Waals surface area (Å²) in [7, 11) is 0. The Kier molecular flexibility index (Phi) is 4.77. The lowest BCUT2D eigenvalue weighted by molar-refractivity contribution is -0.0882. The molecular formula is C16H20FNO2. The first-order valence-corrected chi connectivity index (χ1v) is 6.75. The summed E-state index contributed by atoms with van der Waals surface area (Å²) >= 11 is 0. The van der Waals surface area contributed by atoms with E-state index >= 15 is 0 Å². The van der Waals surface area contributed by atoms with Crippen LogP contribution in [0.4, 0.5) is 4.39 Å². The summed E-state index contributed by atoms with van der Waals surface area (Å²) in [6.07, 6.45) is 0. The highest BCUT2D eigenvalue weighted by atomic mass is 19.1. The molecule has 0 spiro atoms. The highest BCUT2D eigenvalue weighted by Crippen LogP contribution is 2.19. The van der Waals surface area contributed by atoms with Crippen molar-refractivity contribution in [2.45, 2.75) is 26.0 Å². The first-order chi connectivity index (χ1) is 9.50. The maximum atomic E-state index is 13.6. The van der Waals surface area contributed by atoms with E-state index in [0.717, 1.165) is 25.2 Å². The van der Waals surface area contributed by atoms with E-state index in [0.29, 0.717) is 12.2 Å². The molecule has 1 aliphatic rings. The number of aliphatic hydroxyl groups is 1. The van der Waals surface area contributed by atoms with Crippen LogP contribution in [0.5, 0.6) is 0 Å². The molecular weight excluding hydrogens is 257 g/mol. The lowest BCUT2D eigenvalue weighted by atomic mass is 10.1. The molecule has 0 aliphatic carbocycles. The van der Waals surface area contributed by atoms with E-state index in [-0.39, 0.29) is 18.0 Å². The van der Waals surface area contributed by atoms with Crippen molar-refractivity contribution in [1.29, 1.82) is 0 Å². The molecule has 2 rings (SSSR count). The average Bonchev–Trinajstić information content (AvgIpc) is 2.38. The molecule has 1 N–H and O–H groups in total. The molecule has 0 aromatic heterocycles. The van der Waals surface area contributed by atoms with Gasteiger partial charge in [0.2, 0.25) is 0 Å². The van der Waals surface area contributed by atoms with Gasteiger partial charge in [-0.05, 0) is 31.5 Å². The molecule has 1 saturated heterocycles. The maximum absolute atomic E-state index is 13.6. The molecule has 3 nitrogen and oxygen atoms in total. The Hall–Kier alpha value is -1.41. The zero-order valence-corrected chi connectivity index (χ0v) is 11.9. The summed E-state index contributed by atoms with van der Waals surface area (Å²) in [6.45, 7) is 7.07. The second-order valence-electron chi connectivity index (χ2n) is 5.59. The van der Waals surface area contributed by atoms with Crippen molar-refractivity contribution >= 4 is 0 Å². The minimum absolute atomic E-state index is 0.141. The number of rotatable bonds is 2. The van der Waals surface area contributed by atoms with Crippen LogP contribution in [0.1, 0.15) is 25.0 Å². The van der Waals surface area contributed by atoms with E-state index in [4.69, 9.17) is 9.84 Å². The van der Waals surface area contributed by atoms with Crippen molar-refractivity contribution in [3.05, 3.63) is 35.1 Å². The second kappa shape index (κ2) is 6.36. The van der Waals surface area contributed by atoms with Crippen molar-refractivity contribution in [1.82, 2.24) is 4.90 Å². The zero-order chi connectivity index (χ0) is 14.6. The second-order valence-corrected chi connectivity index (χ2v) is 5.59. The van der Waals surface area contributed by atoms with Gasteiger partial charge in [0.25, 0.3) is 0 Å². The van der Waals surface area contributed by atoms with Crippen molar-refractivity contribution in [2.24, 2.45) is 0 Å². The fraction of sp³-hybridized carbons (Fsp3) is 0.500. The van der Waals surface area contributed by atoms with Crippen LogP contribution < -0.4 is 0 Å². The van der Waals surface area contributed by atoms with Crippen molar-refractivity contribution in [3.63, 3.8) is 0 Å². The predicted octanol–water partition coefficient (Wildman–Crippen LogP) is 1.78. The molecule has 0 bridgehead atoms. The molecule has 0 radical (unpaired) electrons. The van der Waals surface area contributed by atoms with Gasteiger partial charge in [-0.25, -0.2) is 4.39 Å². The maximum Gasteiger partial charge on any atom is 0.138 e. The quantitative estimate of drug-likeness (QED) is 0.836. The van der Waals surface area contributed by atoms with Crippen LogP contribution in [-0.2, 0) is 11.3 Å². The van der Waals surface area contributed by atoms with Crippen molar-refractivity contribution < 1.29 is 14.2 Å². The smallest absolute Gasteiger partial charge is 0.138 e. The summed E-state index contributed by atoms with van der Waals surface area (Å²) < 4.78 is 19.3. The fourth-order valence-electron chi connectivity index (χ4n) is 2.41. The molecule has 108 valence electrons. The average molecular weight is 277 g/mol. The van der Waals surface area contributed by atoms with Crippen LogP contribution in [-0.4, -0.2) is 41.9 Å². The van der Waals surface area contributed by atoms with Crippen LogP contribution in [0, 0.1) is 17.7 Å². The van der Waals surface area contributed by atoms with Gasteiger partial charge < -0.3 is 9.84 Å². The highest BCUT2D eigenvalue weighted by molar-refractivity contribution is 5.38. The van der Waals surface area contributed by atoms with Crippen molar-refractivity contribution in [3.8, 4) is 11.8 Å². The number of halogens is 1. The van der Waals surface area contributed by atoms with Crippen LogP contribution in [0.25, 0.3) is 0 Å². The first kappa shape index (κ1) is 15.0. The Morgan fingerprint density at radius 2 is 2.25 bits per heavy atom. The Morgan fingerprint density at radius 1 is 1.45 bits per heavy atom. The van der Waals surface area contributed by atoms with Crippen LogP contribution in [0.15, 0.2) is 18.2 Å². The Bertz CT molecular complexity index is 531. The third-order valence-electron chi connectivity index (χ3n) is 3.24. The van der Waals surface area contributed by atoms with Gasteiger partial charge in [0.15, 0.2) is 0 Å². The fourth-order valence-corrected chi connectivity index (χ4v) is 2.41. The lowest BCUT2D eigenvalue weighted by Gasteiger charge is -2.38. The van der Waals surface area contributed by atoms with E-state index in [1.165, 1.54) is 6.07 Å². The number of ether oxygens (including phenoxy) is 1. The summed E-state index contributed by atoms with van der Waals surface area (Å²) in [5.41, 5.74) is 1.22. The largest absolute Gasteiger partial charge is 0.384 e. The van der Waals surface area contributed by atoms with E-state index in [2.05, 4.69) is 30.6 Å². The molecule has 1 aliphatic heterocycles. The Morgan fingerprint density at radius 3 is 2.95 bits per heavy atom. The molecule has 1 fully saturated rings. The van der Waals surface area contributed by atoms with Gasteiger partial charge in [-0.1, -0.05) is 17.9 Å². The van der Waals surface area contributed by atoms with E-state index in [9.17, 15) is 4.39 Å². The van der Waals surface area contributed by atoms with Gasteiger partial charge in [0, 0.05) is 19.6 Å². The lowest BCUT2D eigenvalue weighted by Crippen LogP contribution is -2.47. The third kappa shape index (κ3) is 4.04. The number of benzene rings is 1. The van der Waals surface area contributed by atoms with Gasteiger partial charge in [-0.15, -0.1) is 0 Å². The molecule has 20 heavy (non-hydrogen) atoms. The summed E-state index contributed by atoms with van der Waals surface area (Å²) in [5.74, 6) is 4.77. The molecule has 0 amide bonds. The topological polar surface area (TPSA) is 32.7 Å².